The maximum absolute atomic E-state index is 12.8. The number of hydrogen-bond donors (Lipinski definition) is 0. The van der Waals surface area contributed by atoms with E-state index in [1.54, 1.807) is 0 Å². The van der Waals surface area contributed by atoms with Gasteiger partial charge in [0.25, 0.3) is 0 Å². The number of esters is 3. The molecule has 0 heterocycles. The second kappa shape index (κ2) is 53.7. The average molecular weight is 915 g/mol. The summed E-state index contributed by atoms with van der Waals surface area (Å²) in [6, 6.07) is 0. The van der Waals surface area contributed by atoms with Crippen molar-refractivity contribution in [3.8, 4) is 0 Å². The van der Waals surface area contributed by atoms with Gasteiger partial charge < -0.3 is 14.2 Å². The Balaban J connectivity index is 4.53. The molecule has 0 unspecified atom stereocenters. The molecule has 0 fully saturated rings. The predicted octanol–water partition coefficient (Wildman–Crippen LogP) is 17.9. The summed E-state index contributed by atoms with van der Waals surface area (Å²) >= 11 is 0. The van der Waals surface area contributed by atoms with Crippen LogP contribution in [-0.2, 0) is 28.6 Å². The summed E-state index contributed by atoms with van der Waals surface area (Å²) in [6.07, 6.45) is 72.0. The fourth-order valence-electron chi connectivity index (χ4n) is 6.83. The Bertz CT molecular complexity index is 1300. The molecule has 6 heteroatoms. The highest BCUT2D eigenvalue weighted by Crippen LogP contribution is 2.12. The second-order valence-corrected chi connectivity index (χ2v) is 17.4. The highest BCUT2D eigenvalue weighted by atomic mass is 16.6. The van der Waals surface area contributed by atoms with E-state index in [1.165, 1.54) is 57.8 Å². The molecule has 0 N–H and O–H groups in total. The van der Waals surface area contributed by atoms with Gasteiger partial charge in [-0.25, -0.2) is 0 Å². The molecule has 0 aliphatic heterocycles. The van der Waals surface area contributed by atoms with Gasteiger partial charge in [-0.2, -0.15) is 0 Å². The van der Waals surface area contributed by atoms with E-state index in [9.17, 15) is 14.4 Å². The monoisotopic (exact) mass is 915 g/mol. The third-order valence-corrected chi connectivity index (χ3v) is 11.0. The minimum absolute atomic E-state index is 0.108. The zero-order chi connectivity index (χ0) is 47.9. The van der Waals surface area contributed by atoms with Crippen LogP contribution in [0.5, 0.6) is 0 Å². The molecule has 0 aliphatic rings. The Labute approximate surface area is 406 Å². The highest BCUT2D eigenvalue weighted by molar-refractivity contribution is 5.71. The number of ether oxygens (including phenoxy) is 3. The summed E-state index contributed by atoms with van der Waals surface area (Å²) in [6.45, 7) is 6.44. The van der Waals surface area contributed by atoms with Crippen molar-refractivity contribution in [1.82, 2.24) is 0 Å². The Morgan fingerprint density at radius 1 is 0.303 bits per heavy atom. The number of carbonyl (C=O) groups excluding carboxylic acids is 3. The first-order valence-corrected chi connectivity index (χ1v) is 26.9. The maximum Gasteiger partial charge on any atom is 0.306 e. The quantitative estimate of drug-likeness (QED) is 0.0262. The highest BCUT2D eigenvalue weighted by Gasteiger charge is 2.19. The van der Waals surface area contributed by atoms with E-state index in [2.05, 4.69) is 130 Å². The van der Waals surface area contributed by atoms with Crippen molar-refractivity contribution in [1.29, 1.82) is 0 Å². The van der Waals surface area contributed by atoms with Crippen molar-refractivity contribution in [2.24, 2.45) is 0 Å². The number of carbonyl (C=O) groups is 3. The standard InChI is InChI=1S/C60H98O6/c1-4-7-10-13-16-19-22-25-28-31-34-37-40-43-46-49-52-58(61)64-55-57(66-60(63)54-51-48-45-42-39-36-33-30-27-24-21-18-15-12-9-6-3)56-65-59(62)53-50-47-44-41-38-35-32-29-26-23-20-17-14-11-8-5-2/h13-18,22-27,31-36,57H,4-12,19-21,28-30,37-56H2,1-3H3. The van der Waals surface area contributed by atoms with E-state index in [1.807, 2.05) is 0 Å². The summed E-state index contributed by atoms with van der Waals surface area (Å²) in [4.78, 5) is 38.1. The van der Waals surface area contributed by atoms with Crippen LogP contribution in [0.25, 0.3) is 0 Å². The van der Waals surface area contributed by atoms with Gasteiger partial charge in [-0.15, -0.1) is 0 Å². The fourth-order valence-corrected chi connectivity index (χ4v) is 6.83. The number of unbranched alkanes of at least 4 members (excludes halogenated alkanes) is 18. The van der Waals surface area contributed by atoms with E-state index < -0.39 is 6.10 Å². The van der Waals surface area contributed by atoms with Crippen LogP contribution in [0.15, 0.2) is 109 Å². The molecule has 0 bridgehead atoms. The maximum atomic E-state index is 12.8. The van der Waals surface area contributed by atoms with Crippen LogP contribution in [0.4, 0.5) is 0 Å². The van der Waals surface area contributed by atoms with E-state index >= 15 is 0 Å². The molecule has 66 heavy (non-hydrogen) atoms. The van der Waals surface area contributed by atoms with Crippen molar-refractivity contribution in [2.75, 3.05) is 13.2 Å². The molecule has 0 aliphatic carbocycles. The summed E-state index contributed by atoms with van der Waals surface area (Å²) < 4.78 is 16.8. The van der Waals surface area contributed by atoms with E-state index in [-0.39, 0.29) is 37.5 Å². The molecule has 0 amide bonds. The van der Waals surface area contributed by atoms with Crippen molar-refractivity contribution in [3.63, 3.8) is 0 Å². The Morgan fingerprint density at radius 2 is 0.545 bits per heavy atom. The van der Waals surface area contributed by atoms with Crippen LogP contribution in [-0.4, -0.2) is 37.2 Å². The SMILES string of the molecule is CCCCC=CCC=CCC=CCCCCCCC(=O)OCC(COC(=O)CCCCCCC=CCC=CCC=CCCCC)OC(=O)CCCCCCC=CCC=CCC=CCCCC. The van der Waals surface area contributed by atoms with Crippen molar-refractivity contribution in [2.45, 2.75) is 239 Å². The summed E-state index contributed by atoms with van der Waals surface area (Å²) in [5, 5.41) is 0. The molecule has 6 nitrogen and oxygen atoms in total. The van der Waals surface area contributed by atoms with Crippen molar-refractivity contribution >= 4 is 17.9 Å². The minimum atomic E-state index is -0.811. The molecule has 374 valence electrons. The molecule has 0 atom stereocenters. The molecule has 0 saturated heterocycles. The molecular formula is C60H98O6. The summed E-state index contributed by atoms with van der Waals surface area (Å²) in [7, 11) is 0. The number of rotatable bonds is 47. The Hall–Kier alpha value is -3.93. The van der Waals surface area contributed by atoms with Gasteiger partial charge in [0, 0.05) is 19.3 Å². The van der Waals surface area contributed by atoms with Gasteiger partial charge in [0.1, 0.15) is 13.2 Å². The van der Waals surface area contributed by atoms with Crippen molar-refractivity contribution in [3.05, 3.63) is 109 Å². The van der Waals surface area contributed by atoms with E-state index in [0.29, 0.717) is 12.8 Å². The Kier molecular flexibility index (Phi) is 50.5. The molecule has 0 radical (unpaired) electrons. The van der Waals surface area contributed by atoms with Crippen LogP contribution in [0.1, 0.15) is 233 Å². The first-order chi connectivity index (χ1) is 32.5. The van der Waals surface area contributed by atoms with Gasteiger partial charge in [0.2, 0.25) is 0 Å². The average Bonchev–Trinajstić information content (AvgIpc) is 3.31. The largest absolute Gasteiger partial charge is 0.462 e. The normalized spacial score (nSPS) is 13.0. The number of hydrogen-bond acceptors (Lipinski definition) is 6. The third-order valence-electron chi connectivity index (χ3n) is 11.0. The first kappa shape index (κ1) is 62.1. The summed E-state index contributed by atoms with van der Waals surface area (Å²) in [5.74, 6) is -0.976. The van der Waals surface area contributed by atoms with Gasteiger partial charge in [-0.3, -0.25) is 14.4 Å². The lowest BCUT2D eigenvalue weighted by Crippen LogP contribution is -2.30. The Morgan fingerprint density at radius 3 is 0.833 bits per heavy atom. The zero-order valence-corrected chi connectivity index (χ0v) is 42.7. The van der Waals surface area contributed by atoms with E-state index in [0.717, 1.165) is 135 Å². The molecule has 0 rings (SSSR count). The number of allylic oxidation sites excluding steroid dienone is 18. The molecule has 0 aromatic heterocycles. The minimum Gasteiger partial charge on any atom is -0.462 e. The van der Waals surface area contributed by atoms with Crippen LogP contribution >= 0.6 is 0 Å². The molecule has 0 aromatic carbocycles. The van der Waals surface area contributed by atoms with E-state index in [4.69, 9.17) is 14.2 Å². The predicted molar refractivity (Wildman–Crippen MR) is 283 cm³/mol. The second-order valence-electron chi connectivity index (χ2n) is 17.4. The molecule has 0 spiro atoms. The topological polar surface area (TPSA) is 78.9 Å². The lowest BCUT2D eigenvalue weighted by molar-refractivity contribution is -0.167. The van der Waals surface area contributed by atoms with Crippen molar-refractivity contribution < 1.29 is 28.6 Å². The zero-order valence-electron chi connectivity index (χ0n) is 42.7. The van der Waals surface area contributed by atoms with Crippen LogP contribution < -0.4 is 0 Å². The van der Waals surface area contributed by atoms with Gasteiger partial charge in [-0.1, -0.05) is 207 Å². The van der Waals surface area contributed by atoms with Crippen LogP contribution in [0.3, 0.4) is 0 Å². The molecule has 0 aromatic rings. The van der Waals surface area contributed by atoms with Crippen LogP contribution in [0, 0.1) is 0 Å². The molecule has 0 saturated carbocycles. The van der Waals surface area contributed by atoms with Gasteiger partial charge in [0.15, 0.2) is 6.10 Å². The van der Waals surface area contributed by atoms with Gasteiger partial charge in [0.05, 0.1) is 0 Å². The lowest BCUT2D eigenvalue weighted by Gasteiger charge is -2.18. The summed E-state index contributed by atoms with van der Waals surface area (Å²) in [5.41, 5.74) is 0. The lowest BCUT2D eigenvalue weighted by atomic mass is 10.1. The van der Waals surface area contributed by atoms with Gasteiger partial charge in [-0.05, 0) is 116 Å². The molecular weight excluding hydrogens is 817 g/mol. The fraction of sp³-hybridized carbons (Fsp3) is 0.650. The third kappa shape index (κ3) is 51.1. The van der Waals surface area contributed by atoms with Crippen LogP contribution in [0.2, 0.25) is 0 Å². The smallest absolute Gasteiger partial charge is 0.306 e. The first-order valence-electron chi connectivity index (χ1n) is 26.9. The van der Waals surface area contributed by atoms with Gasteiger partial charge >= 0.3 is 17.9 Å².